The maximum Gasteiger partial charge on any atom is 0.271 e. The Labute approximate surface area is 180 Å². The molecule has 3 aromatic rings. The lowest BCUT2D eigenvalue weighted by atomic mass is 10.1. The summed E-state index contributed by atoms with van der Waals surface area (Å²) in [7, 11) is 1.63. The van der Waals surface area contributed by atoms with Crippen LogP contribution in [0.1, 0.15) is 16.7 Å². The molecule has 150 valence electrons. The Hall–Kier alpha value is -3.31. The number of aryl methyl sites for hydroxylation is 2. The predicted octanol–water partition coefficient (Wildman–Crippen LogP) is 6.12. The molecule has 0 spiro atoms. The first-order chi connectivity index (χ1) is 14.6. The normalized spacial score (nSPS) is 16.5. The zero-order valence-corrected chi connectivity index (χ0v) is 17.9. The summed E-state index contributed by atoms with van der Waals surface area (Å²) in [5.74, 6) is 0.675. The zero-order chi connectivity index (χ0) is 21.1. The SMILES string of the molecule is COc1cccc(/C=C2\SC(=Nc3ccccc3C)N(c3ccccc3C)C2=O)c1. The highest BCUT2D eigenvalue weighted by molar-refractivity contribution is 8.19. The molecular formula is C25H22N2O2S. The van der Waals surface area contributed by atoms with Gasteiger partial charge in [-0.25, -0.2) is 4.99 Å². The summed E-state index contributed by atoms with van der Waals surface area (Å²) >= 11 is 1.39. The number of amidine groups is 1. The summed E-state index contributed by atoms with van der Waals surface area (Å²) in [4.78, 5) is 20.6. The highest BCUT2D eigenvalue weighted by Crippen LogP contribution is 2.39. The molecule has 0 bridgehead atoms. The third-order valence-corrected chi connectivity index (χ3v) is 5.85. The van der Waals surface area contributed by atoms with Crippen molar-refractivity contribution in [1.82, 2.24) is 0 Å². The van der Waals surface area contributed by atoms with E-state index in [2.05, 4.69) is 0 Å². The van der Waals surface area contributed by atoms with Crippen LogP contribution in [0.4, 0.5) is 11.4 Å². The van der Waals surface area contributed by atoms with E-state index in [0.717, 1.165) is 33.8 Å². The fourth-order valence-corrected chi connectivity index (χ4v) is 4.24. The number of methoxy groups -OCH3 is 1. The van der Waals surface area contributed by atoms with Crippen LogP contribution in [0.5, 0.6) is 5.75 Å². The van der Waals surface area contributed by atoms with Crippen LogP contribution >= 0.6 is 11.8 Å². The predicted molar refractivity (Wildman–Crippen MR) is 126 cm³/mol. The molecule has 1 aliphatic rings. The lowest BCUT2D eigenvalue weighted by Crippen LogP contribution is -2.29. The number of rotatable bonds is 4. The average Bonchev–Trinajstić information content (AvgIpc) is 3.05. The second-order valence-corrected chi connectivity index (χ2v) is 8.00. The van der Waals surface area contributed by atoms with Crippen LogP contribution in [0.2, 0.25) is 0 Å². The summed E-state index contributed by atoms with van der Waals surface area (Å²) in [6.45, 7) is 4.02. The number of amides is 1. The minimum Gasteiger partial charge on any atom is -0.497 e. The standard InChI is InChI=1S/C25H22N2O2S/c1-17-9-4-6-13-21(17)26-25-27(22-14-7-5-10-18(22)2)24(28)23(30-25)16-19-11-8-12-20(15-19)29-3/h4-16H,1-3H3/b23-16-,26-25?. The van der Waals surface area contributed by atoms with Crippen LogP contribution in [0.3, 0.4) is 0 Å². The lowest BCUT2D eigenvalue weighted by Gasteiger charge is -2.18. The van der Waals surface area contributed by atoms with Crippen LogP contribution in [-0.4, -0.2) is 18.2 Å². The molecule has 1 saturated heterocycles. The summed E-state index contributed by atoms with van der Waals surface area (Å²) in [6, 6.07) is 23.5. The van der Waals surface area contributed by atoms with Crippen molar-refractivity contribution in [2.75, 3.05) is 12.0 Å². The van der Waals surface area contributed by atoms with Gasteiger partial charge in [0.05, 0.1) is 23.4 Å². The Balaban J connectivity index is 1.81. The van der Waals surface area contributed by atoms with Gasteiger partial charge in [0.1, 0.15) is 5.75 Å². The Bertz CT molecular complexity index is 1170. The van der Waals surface area contributed by atoms with Crippen molar-refractivity contribution in [2.24, 2.45) is 4.99 Å². The molecule has 1 fully saturated rings. The highest BCUT2D eigenvalue weighted by Gasteiger charge is 2.35. The van der Waals surface area contributed by atoms with Crippen LogP contribution in [0.15, 0.2) is 82.7 Å². The molecule has 0 saturated carbocycles. The van der Waals surface area contributed by atoms with Crippen molar-refractivity contribution < 1.29 is 9.53 Å². The van der Waals surface area contributed by atoms with Crippen molar-refractivity contribution in [1.29, 1.82) is 0 Å². The van der Waals surface area contributed by atoms with E-state index in [1.54, 1.807) is 12.0 Å². The number of aliphatic imine (C=N–C) groups is 1. The Morgan fingerprint density at radius 2 is 1.67 bits per heavy atom. The van der Waals surface area contributed by atoms with Gasteiger partial charge in [0, 0.05) is 0 Å². The number of benzene rings is 3. The molecule has 3 aromatic carbocycles. The number of thioether (sulfide) groups is 1. The molecular weight excluding hydrogens is 392 g/mol. The second-order valence-electron chi connectivity index (χ2n) is 7.00. The van der Waals surface area contributed by atoms with Crippen molar-refractivity contribution in [3.8, 4) is 5.75 Å². The quantitative estimate of drug-likeness (QED) is 0.483. The molecule has 5 heteroatoms. The first-order valence-electron chi connectivity index (χ1n) is 9.65. The first-order valence-corrected chi connectivity index (χ1v) is 10.5. The zero-order valence-electron chi connectivity index (χ0n) is 17.1. The fraction of sp³-hybridized carbons (Fsp3) is 0.120. The maximum absolute atomic E-state index is 13.4. The number of hydrogen-bond acceptors (Lipinski definition) is 4. The van der Waals surface area contributed by atoms with Crippen LogP contribution in [0.25, 0.3) is 6.08 Å². The van der Waals surface area contributed by atoms with E-state index in [4.69, 9.17) is 9.73 Å². The van der Waals surface area contributed by atoms with Gasteiger partial charge < -0.3 is 4.74 Å². The molecule has 0 radical (unpaired) electrons. The smallest absolute Gasteiger partial charge is 0.271 e. The van der Waals surface area contributed by atoms with E-state index in [1.807, 2.05) is 92.7 Å². The molecule has 0 N–H and O–H groups in total. The Morgan fingerprint density at radius 1 is 0.933 bits per heavy atom. The maximum atomic E-state index is 13.4. The number of carbonyl (C=O) groups is 1. The molecule has 4 rings (SSSR count). The molecule has 1 amide bonds. The van der Waals surface area contributed by atoms with E-state index in [1.165, 1.54) is 11.8 Å². The summed E-state index contributed by atoms with van der Waals surface area (Å²) < 4.78 is 5.31. The second kappa shape index (κ2) is 8.59. The van der Waals surface area contributed by atoms with E-state index >= 15 is 0 Å². The van der Waals surface area contributed by atoms with Crippen LogP contribution in [0, 0.1) is 13.8 Å². The summed E-state index contributed by atoms with van der Waals surface area (Å²) in [5, 5.41) is 0.651. The molecule has 30 heavy (non-hydrogen) atoms. The molecule has 1 aliphatic heterocycles. The van der Waals surface area contributed by atoms with Crippen LogP contribution in [-0.2, 0) is 4.79 Å². The van der Waals surface area contributed by atoms with E-state index in [0.29, 0.717) is 10.1 Å². The monoisotopic (exact) mass is 414 g/mol. The minimum absolute atomic E-state index is 0.0792. The fourth-order valence-electron chi connectivity index (χ4n) is 3.25. The number of hydrogen-bond donors (Lipinski definition) is 0. The number of para-hydroxylation sites is 2. The summed E-state index contributed by atoms with van der Waals surface area (Å²) in [5.41, 5.74) is 4.69. The van der Waals surface area contributed by atoms with Crippen LogP contribution < -0.4 is 9.64 Å². The van der Waals surface area contributed by atoms with E-state index in [9.17, 15) is 4.79 Å². The van der Waals surface area contributed by atoms with E-state index < -0.39 is 0 Å². The van der Waals surface area contributed by atoms with Crippen molar-refractivity contribution >= 4 is 40.3 Å². The lowest BCUT2D eigenvalue weighted by molar-refractivity contribution is -0.113. The number of anilines is 1. The average molecular weight is 415 g/mol. The topological polar surface area (TPSA) is 41.9 Å². The van der Waals surface area contributed by atoms with Gasteiger partial charge in [0.25, 0.3) is 5.91 Å². The molecule has 1 heterocycles. The highest BCUT2D eigenvalue weighted by atomic mass is 32.2. The largest absolute Gasteiger partial charge is 0.497 e. The molecule has 0 aromatic heterocycles. The van der Waals surface area contributed by atoms with Gasteiger partial charge in [0.2, 0.25) is 0 Å². The van der Waals surface area contributed by atoms with Crippen molar-refractivity contribution in [3.05, 3.63) is 94.4 Å². The Morgan fingerprint density at radius 3 is 2.40 bits per heavy atom. The van der Waals surface area contributed by atoms with Crippen molar-refractivity contribution in [3.63, 3.8) is 0 Å². The van der Waals surface area contributed by atoms with Gasteiger partial charge >= 0.3 is 0 Å². The van der Waals surface area contributed by atoms with Gasteiger partial charge in [-0.05, 0) is 72.6 Å². The first kappa shape index (κ1) is 20.0. The Kier molecular flexibility index (Phi) is 5.72. The molecule has 0 atom stereocenters. The third-order valence-electron chi connectivity index (χ3n) is 4.89. The third kappa shape index (κ3) is 4.02. The summed E-state index contributed by atoms with van der Waals surface area (Å²) in [6.07, 6.45) is 1.89. The van der Waals surface area contributed by atoms with Gasteiger partial charge in [-0.2, -0.15) is 0 Å². The number of carbonyl (C=O) groups excluding carboxylic acids is 1. The van der Waals surface area contributed by atoms with Gasteiger partial charge in [-0.1, -0.05) is 48.5 Å². The molecule has 4 nitrogen and oxygen atoms in total. The number of nitrogens with zero attached hydrogens (tertiary/aromatic N) is 2. The molecule has 0 unspecified atom stereocenters. The minimum atomic E-state index is -0.0792. The number of ether oxygens (including phenoxy) is 1. The van der Waals surface area contributed by atoms with Gasteiger partial charge in [-0.3, -0.25) is 9.69 Å². The van der Waals surface area contributed by atoms with Crippen molar-refractivity contribution in [2.45, 2.75) is 13.8 Å². The van der Waals surface area contributed by atoms with E-state index in [-0.39, 0.29) is 5.91 Å². The van der Waals surface area contributed by atoms with Gasteiger partial charge in [0.15, 0.2) is 5.17 Å². The van der Waals surface area contributed by atoms with Gasteiger partial charge in [-0.15, -0.1) is 0 Å². The molecule has 0 aliphatic carbocycles.